The number of aliphatic hydroxyl groups is 1. The Morgan fingerprint density at radius 3 is 2.96 bits per heavy atom. The first-order chi connectivity index (χ1) is 13.5. The fourth-order valence-corrected chi connectivity index (χ4v) is 5.29. The summed E-state index contributed by atoms with van der Waals surface area (Å²) in [5, 5.41) is 13.4. The summed E-state index contributed by atoms with van der Waals surface area (Å²) in [6.45, 7) is 6.73. The van der Waals surface area contributed by atoms with Crippen LogP contribution < -0.4 is 0 Å². The molecule has 0 aliphatic carbocycles. The van der Waals surface area contributed by atoms with E-state index in [4.69, 9.17) is 11.6 Å². The highest BCUT2D eigenvalue weighted by Gasteiger charge is 2.37. The van der Waals surface area contributed by atoms with E-state index in [0.29, 0.717) is 12.6 Å². The zero-order chi connectivity index (χ0) is 19.5. The molecule has 4 heterocycles. The molecule has 0 bridgehead atoms. The van der Waals surface area contributed by atoms with E-state index >= 15 is 0 Å². The lowest BCUT2D eigenvalue weighted by Gasteiger charge is -2.32. The highest BCUT2D eigenvalue weighted by Crippen LogP contribution is 2.44. The quantitative estimate of drug-likeness (QED) is 0.704. The summed E-state index contributed by atoms with van der Waals surface area (Å²) in [5.74, 6) is 0. The first-order valence-corrected chi connectivity index (χ1v) is 10.5. The van der Waals surface area contributed by atoms with Crippen LogP contribution in [0.15, 0.2) is 36.7 Å². The molecule has 5 rings (SSSR count). The van der Waals surface area contributed by atoms with Gasteiger partial charge in [-0.15, -0.1) is 0 Å². The number of halogens is 1. The molecule has 2 aliphatic heterocycles. The number of pyridine rings is 1. The van der Waals surface area contributed by atoms with Crippen molar-refractivity contribution in [3.63, 3.8) is 0 Å². The van der Waals surface area contributed by atoms with E-state index < -0.39 is 5.60 Å². The van der Waals surface area contributed by atoms with Crippen LogP contribution in [0.25, 0.3) is 10.9 Å². The van der Waals surface area contributed by atoms with Gasteiger partial charge in [-0.1, -0.05) is 17.7 Å². The van der Waals surface area contributed by atoms with Crippen LogP contribution in [0, 0.1) is 6.92 Å². The average molecular weight is 396 g/mol. The molecule has 3 aromatic rings. The molecule has 0 radical (unpaired) electrons. The standard InChI is InChI=1S/C23H26ClN3O/c1-15-11-17-21(12-18(15)24)27(14-23(2,28)16-5-3-8-25-13-16)20-7-10-26-9-4-6-19(26)22(17)20/h3,5,8,11-13,19,28H,4,6-7,9-10,14H2,1-2H3/t19-,23-/m1/s1. The molecule has 2 atom stereocenters. The topological polar surface area (TPSA) is 41.3 Å². The predicted molar refractivity (Wildman–Crippen MR) is 113 cm³/mol. The largest absolute Gasteiger partial charge is 0.384 e. The van der Waals surface area contributed by atoms with Gasteiger partial charge >= 0.3 is 0 Å². The van der Waals surface area contributed by atoms with Gasteiger partial charge in [0.2, 0.25) is 0 Å². The van der Waals surface area contributed by atoms with Crippen LogP contribution in [0.5, 0.6) is 0 Å². The summed E-state index contributed by atoms with van der Waals surface area (Å²) < 4.78 is 2.32. The third-order valence-electron chi connectivity index (χ3n) is 6.58. The van der Waals surface area contributed by atoms with Gasteiger partial charge in [0.15, 0.2) is 0 Å². The van der Waals surface area contributed by atoms with Gasteiger partial charge in [-0.05, 0) is 62.6 Å². The van der Waals surface area contributed by atoms with E-state index in [2.05, 4.69) is 33.5 Å². The maximum absolute atomic E-state index is 11.3. The molecule has 0 saturated carbocycles. The van der Waals surface area contributed by atoms with Gasteiger partial charge in [-0.2, -0.15) is 0 Å². The summed E-state index contributed by atoms with van der Waals surface area (Å²) in [6, 6.07) is 8.65. The number of nitrogens with zero attached hydrogens (tertiary/aromatic N) is 3. The number of hydrogen-bond donors (Lipinski definition) is 1. The second kappa shape index (κ2) is 6.58. The number of fused-ring (bicyclic) bond motifs is 5. The van der Waals surface area contributed by atoms with Crippen LogP contribution in [0.1, 0.15) is 48.2 Å². The minimum atomic E-state index is -1.00. The van der Waals surface area contributed by atoms with Gasteiger partial charge in [0, 0.05) is 53.1 Å². The van der Waals surface area contributed by atoms with E-state index in [1.807, 2.05) is 19.1 Å². The van der Waals surface area contributed by atoms with E-state index in [-0.39, 0.29) is 0 Å². The Hall–Kier alpha value is -1.88. The van der Waals surface area contributed by atoms with Gasteiger partial charge < -0.3 is 9.67 Å². The van der Waals surface area contributed by atoms with E-state index in [1.165, 1.54) is 36.0 Å². The molecular formula is C23H26ClN3O. The molecule has 28 heavy (non-hydrogen) atoms. The molecule has 0 spiro atoms. The molecule has 1 saturated heterocycles. The van der Waals surface area contributed by atoms with Crippen molar-refractivity contribution in [3.8, 4) is 0 Å². The lowest BCUT2D eigenvalue weighted by molar-refractivity contribution is 0.0380. The smallest absolute Gasteiger partial charge is 0.106 e. The molecule has 1 fully saturated rings. The lowest BCUT2D eigenvalue weighted by Crippen LogP contribution is -2.33. The summed E-state index contributed by atoms with van der Waals surface area (Å²) in [5.41, 5.74) is 4.91. The first kappa shape index (κ1) is 18.2. The van der Waals surface area contributed by atoms with Crippen LogP contribution >= 0.6 is 11.6 Å². The van der Waals surface area contributed by atoms with Crippen molar-refractivity contribution in [2.75, 3.05) is 13.1 Å². The third kappa shape index (κ3) is 2.78. The van der Waals surface area contributed by atoms with Crippen LogP contribution in [0.2, 0.25) is 5.02 Å². The Labute approximate surface area is 170 Å². The molecule has 2 aliphatic rings. The molecular weight excluding hydrogens is 370 g/mol. The van der Waals surface area contributed by atoms with Gasteiger partial charge in [0.05, 0.1) is 12.1 Å². The number of hydrogen-bond acceptors (Lipinski definition) is 3. The number of benzene rings is 1. The Balaban J connectivity index is 1.70. The van der Waals surface area contributed by atoms with Crippen molar-refractivity contribution in [2.45, 2.75) is 51.3 Å². The van der Waals surface area contributed by atoms with Crippen molar-refractivity contribution < 1.29 is 5.11 Å². The Bertz CT molecular complexity index is 1040. The van der Waals surface area contributed by atoms with E-state index in [9.17, 15) is 5.11 Å². The van der Waals surface area contributed by atoms with Crippen molar-refractivity contribution in [2.24, 2.45) is 0 Å². The predicted octanol–water partition coefficient (Wildman–Crippen LogP) is 4.60. The molecule has 146 valence electrons. The fraction of sp³-hybridized carbons (Fsp3) is 0.435. The summed E-state index contributed by atoms with van der Waals surface area (Å²) in [7, 11) is 0. The van der Waals surface area contributed by atoms with Crippen LogP contribution in [-0.2, 0) is 18.6 Å². The minimum absolute atomic E-state index is 0.497. The molecule has 0 amide bonds. The molecule has 4 nitrogen and oxygen atoms in total. The molecule has 1 aromatic carbocycles. The van der Waals surface area contributed by atoms with Crippen LogP contribution in [0.4, 0.5) is 0 Å². The second-order valence-corrected chi connectivity index (χ2v) is 8.93. The van der Waals surface area contributed by atoms with Crippen molar-refractivity contribution in [3.05, 3.63) is 64.1 Å². The summed E-state index contributed by atoms with van der Waals surface area (Å²) >= 11 is 6.53. The summed E-state index contributed by atoms with van der Waals surface area (Å²) in [4.78, 5) is 6.82. The van der Waals surface area contributed by atoms with Crippen molar-refractivity contribution in [1.82, 2.24) is 14.5 Å². The van der Waals surface area contributed by atoms with Gasteiger partial charge in [0.25, 0.3) is 0 Å². The fourth-order valence-electron chi connectivity index (χ4n) is 5.13. The van der Waals surface area contributed by atoms with Crippen molar-refractivity contribution in [1.29, 1.82) is 0 Å². The van der Waals surface area contributed by atoms with Gasteiger partial charge in [0.1, 0.15) is 5.60 Å². The Morgan fingerprint density at radius 1 is 1.32 bits per heavy atom. The molecule has 0 unspecified atom stereocenters. The van der Waals surface area contributed by atoms with Crippen molar-refractivity contribution >= 4 is 22.5 Å². The zero-order valence-corrected chi connectivity index (χ0v) is 17.2. The second-order valence-electron chi connectivity index (χ2n) is 8.52. The van der Waals surface area contributed by atoms with Crippen LogP contribution in [-0.4, -0.2) is 32.6 Å². The maximum Gasteiger partial charge on any atom is 0.106 e. The Kier molecular flexibility index (Phi) is 4.27. The zero-order valence-electron chi connectivity index (χ0n) is 16.5. The minimum Gasteiger partial charge on any atom is -0.384 e. The molecule has 5 heteroatoms. The third-order valence-corrected chi connectivity index (χ3v) is 6.98. The number of aryl methyl sites for hydroxylation is 1. The highest BCUT2D eigenvalue weighted by molar-refractivity contribution is 6.32. The van der Waals surface area contributed by atoms with E-state index in [1.54, 1.807) is 12.4 Å². The molecule has 1 N–H and O–H groups in total. The number of rotatable bonds is 3. The first-order valence-electron chi connectivity index (χ1n) is 10.1. The van der Waals surface area contributed by atoms with E-state index in [0.717, 1.165) is 34.6 Å². The normalized spacial score (nSPS) is 21.5. The molecule has 2 aromatic heterocycles. The van der Waals surface area contributed by atoms with Crippen LogP contribution in [0.3, 0.4) is 0 Å². The highest BCUT2D eigenvalue weighted by atomic mass is 35.5. The average Bonchev–Trinajstić information content (AvgIpc) is 3.26. The monoisotopic (exact) mass is 395 g/mol. The van der Waals surface area contributed by atoms with Gasteiger partial charge in [-0.3, -0.25) is 9.88 Å². The SMILES string of the molecule is Cc1cc2c3c(n(C[C@@](C)(O)c4cccnc4)c2cc1Cl)CCN1CCC[C@H]31. The lowest BCUT2D eigenvalue weighted by atomic mass is 9.95. The maximum atomic E-state index is 11.3. The number of aromatic nitrogens is 2. The Morgan fingerprint density at radius 2 is 2.18 bits per heavy atom. The summed E-state index contributed by atoms with van der Waals surface area (Å²) in [6.07, 6.45) is 6.99. The van der Waals surface area contributed by atoms with Gasteiger partial charge in [-0.25, -0.2) is 0 Å².